The zero-order chi connectivity index (χ0) is 21.8. The number of amides is 1. The minimum atomic E-state index is 0.0213. The van der Waals surface area contributed by atoms with Crippen LogP contribution in [-0.4, -0.2) is 43.1 Å². The zero-order valence-corrected chi connectivity index (χ0v) is 19.2. The van der Waals surface area contributed by atoms with E-state index in [1.165, 1.54) is 19.3 Å². The molecule has 0 aromatic heterocycles. The average molecular weight is 421 g/mol. The van der Waals surface area contributed by atoms with Crippen molar-refractivity contribution in [2.45, 2.75) is 52.6 Å². The monoisotopic (exact) mass is 420 g/mol. The van der Waals surface area contributed by atoms with Crippen LogP contribution in [0.2, 0.25) is 0 Å². The average Bonchev–Trinajstić information content (AvgIpc) is 3.37. The molecule has 1 N–H and O–H groups in total. The van der Waals surface area contributed by atoms with E-state index in [1.807, 2.05) is 36.4 Å². The number of likely N-dealkylation sites (tertiary alicyclic amines) is 1. The number of benzene rings is 2. The van der Waals surface area contributed by atoms with Gasteiger partial charge in [0.25, 0.3) is 5.91 Å². The summed E-state index contributed by atoms with van der Waals surface area (Å²) in [6, 6.07) is 16.2. The van der Waals surface area contributed by atoms with Gasteiger partial charge in [-0.05, 0) is 72.5 Å². The van der Waals surface area contributed by atoms with Crippen LogP contribution in [0.5, 0.6) is 5.75 Å². The molecule has 0 radical (unpaired) electrons. The molecule has 1 aliphatic carbocycles. The summed E-state index contributed by atoms with van der Waals surface area (Å²) in [5.41, 5.74) is 3.26. The Morgan fingerprint density at radius 2 is 1.94 bits per heavy atom. The third-order valence-electron chi connectivity index (χ3n) is 7.28. The molecule has 4 heteroatoms. The van der Waals surface area contributed by atoms with Gasteiger partial charge in [0.15, 0.2) is 0 Å². The molecular formula is C27H36N2O2. The minimum absolute atomic E-state index is 0.0213. The Hall–Kier alpha value is -2.33. The Morgan fingerprint density at radius 3 is 2.61 bits per heavy atom. The minimum Gasteiger partial charge on any atom is -0.489 e. The standard InChI is InChI=1S/C27H36N2O2/c1-4-29-16-14-25(19-29)31-24-9-5-7-22(17-24)20-10-12-21(13-11-20)26(30)28-18-23-8-6-15-27(23,2)3/h5,7,9-13,17,23,25H,4,6,8,14-16,18-19H2,1-3H3,(H,28,30). The van der Waals surface area contributed by atoms with Crippen LogP contribution in [0.1, 0.15) is 56.8 Å². The van der Waals surface area contributed by atoms with Crippen LogP contribution >= 0.6 is 0 Å². The van der Waals surface area contributed by atoms with E-state index in [0.717, 1.165) is 55.0 Å². The van der Waals surface area contributed by atoms with Crippen LogP contribution < -0.4 is 10.1 Å². The maximum Gasteiger partial charge on any atom is 0.251 e. The van der Waals surface area contributed by atoms with Gasteiger partial charge in [-0.1, -0.05) is 51.5 Å². The molecule has 2 atom stereocenters. The summed E-state index contributed by atoms with van der Waals surface area (Å²) in [6.07, 6.45) is 5.08. The molecular weight excluding hydrogens is 384 g/mol. The van der Waals surface area contributed by atoms with E-state index < -0.39 is 0 Å². The summed E-state index contributed by atoms with van der Waals surface area (Å²) in [5, 5.41) is 3.15. The second kappa shape index (κ2) is 9.44. The topological polar surface area (TPSA) is 41.6 Å². The van der Waals surface area contributed by atoms with Gasteiger partial charge in [-0.3, -0.25) is 9.69 Å². The van der Waals surface area contributed by atoms with E-state index in [0.29, 0.717) is 11.3 Å². The molecule has 1 amide bonds. The van der Waals surface area contributed by atoms with Crippen molar-refractivity contribution in [2.24, 2.45) is 11.3 Å². The summed E-state index contributed by atoms with van der Waals surface area (Å²) < 4.78 is 6.22. The molecule has 2 aliphatic rings. The van der Waals surface area contributed by atoms with Gasteiger partial charge in [-0.15, -0.1) is 0 Å². The molecule has 1 heterocycles. The van der Waals surface area contributed by atoms with Gasteiger partial charge in [-0.25, -0.2) is 0 Å². The Labute approximate surface area is 187 Å². The zero-order valence-electron chi connectivity index (χ0n) is 19.2. The number of hydrogen-bond donors (Lipinski definition) is 1. The van der Waals surface area contributed by atoms with E-state index in [-0.39, 0.29) is 12.0 Å². The fourth-order valence-corrected chi connectivity index (χ4v) is 5.03. The van der Waals surface area contributed by atoms with Gasteiger partial charge in [0, 0.05) is 25.2 Å². The molecule has 0 spiro atoms. The molecule has 1 saturated carbocycles. The SMILES string of the molecule is CCN1CCC(Oc2cccc(-c3ccc(C(=O)NCC4CCCC4(C)C)cc3)c2)C1. The summed E-state index contributed by atoms with van der Waals surface area (Å²) in [5.74, 6) is 1.51. The third kappa shape index (κ3) is 5.30. The van der Waals surface area contributed by atoms with Gasteiger partial charge in [-0.2, -0.15) is 0 Å². The number of nitrogens with zero attached hydrogens (tertiary/aromatic N) is 1. The van der Waals surface area contributed by atoms with Crippen LogP contribution in [0.4, 0.5) is 0 Å². The van der Waals surface area contributed by atoms with E-state index in [1.54, 1.807) is 0 Å². The largest absolute Gasteiger partial charge is 0.489 e. The Balaban J connectivity index is 1.36. The first-order chi connectivity index (χ1) is 14.9. The van der Waals surface area contributed by atoms with Gasteiger partial charge in [0.2, 0.25) is 0 Å². The van der Waals surface area contributed by atoms with Gasteiger partial charge in [0.1, 0.15) is 11.9 Å². The lowest BCUT2D eigenvalue weighted by atomic mass is 9.82. The smallest absolute Gasteiger partial charge is 0.251 e. The maximum atomic E-state index is 12.6. The predicted molar refractivity (Wildman–Crippen MR) is 126 cm³/mol. The van der Waals surface area contributed by atoms with Crippen molar-refractivity contribution in [1.82, 2.24) is 10.2 Å². The highest BCUT2D eigenvalue weighted by atomic mass is 16.5. The second-order valence-electron chi connectivity index (χ2n) is 9.81. The van der Waals surface area contributed by atoms with Crippen LogP contribution in [0.25, 0.3) is 11.1 Å². The van der Waals surface area contributed by atoms with Crippen molar-refractivity contribution in [3.8, 4) is 16.9 Å². The van der Waals surface area contributed by atoms with Gasteiger partial charge in [0.05, 0.1) is 0 Å². The number of rotatable bonds is 7. The number of ether oxygens (including phenoxy) is 1. The number of hydrogen-bond acceptors (Lipinski definition) is 3. The molecule has 2 fully saturated rings. The van der Waals surface area contributed by atoms with E-state index in [2.05, 4.69) is 43.1 Å². The van der Waals surface area contributed by atoms with Crippen LogP contribution in [0, 0.1) is 11.3 Å². The highest BCUT2D eigenvalue weighted by molar-refractivity contribution is 5.94. The van der Waals surface area contributed by atoms with Gasteiger partial charge < -0.3 is 10.1 Å². The Morgan fingerprint density at radius 1 is 1.13 bits per heavy atom. The molecule has 4 nitrogen and oxygen atoms in total. The predicted octanol–water partition coefficient (Wildman–Crippen LogP) is 5.38. The van der Waals surface area contributed by atoms with Crippen molar-refractivity contribution < 1.29 is 9.53 Å². The fourth-order valence-electron chi connectivity index (χ4n) is 5.03. The first-order valence-electron chi connectivity index (χ1n) is 11.8. The van der Waals surface area contributed by atoms with Gasteiger partial charge >= 0.3 is 0 Å². The molecule has 2 aromatic carbocycles. The second-order valence-corrected chi connectivity index (χ2v) is 9.81. The first-order valence-corrected chi connectivity index (χ1v) is 11.8. The number of carbonyl (C=O) groups is 1. The van der Waals surface area contributed by atoms with E-state index >= 15 is 0 Å². The summed E-state index contributed by atoms with van der Waals surface area (Å²) in [4.78, 5) is 15.0. The van der Waals surface area contributed by atoms with E-state index in [9.17, 15) is 4.79 Å². The molecule has 166 valence electrons. The number of likely N-dealkylation sites (N-methyl/N-ethyl adjacent to an activating group) is 1. The normalized spacial score (nSPS) is 23.1. The molecule has 4 rings (SSSR count). The van der Waals surface area contributed by atoms with Crippen molar-refractivity contribution in [2.75, 3.05) is 26.2 Å². The highest BCUT2D eigenvalue weighted by Crippen LogP contribution is 2.42. The first kappa shape index (κ1) is 21.9. The quantitative estimate of drug-likeness (QED) is 0.654. The Kier molecular flexibility index (Phi) is 6.66. The van der Waals surface area contributed by atoms with Crippen molar-refractivity contribution in [1.29, 1.82) is 0 Å². The molecule has 2 aromatic rings. The lowest BCUT2D eigenvalue weighted by Crippen LogP contribution is -2.33. The van der Waals surface area contributed by atoms with Crippen molar-refractivity contribution >= 4 is 5.91 Å². The maximum absolute atomic E-state index is 12.6. The van der Waals surface area contributed by atoms with Crippen molar-refractivity contribution in [3.63, 3.8) is 0 Å². The molecule has 1 saturated heterocycles. The van der Waals surface area contributed by atoms with E-state index in [4.69, 9.17) is 4.74 Å². The Bertz CT molecular complexity index is 890. The summed E-state index contributed by atoms with van der Waals surface area (Å²) in [6.45, 7) is 10.8. The molecule has 1 aliphatic heterocycles. The van der Waals surface area contributed by atoms with Crippen molar-refractivity contribution in [3.05, 3.63) is 54.1 Å². The fraction of sp³-hybridized carbons (Fsp3) is 0.519. The van der Waals surface area contributed by atoms with Crippen LogP contribution in [-0.2, 0) is 0 Å². The lowest BCUT2D eigenvalue weighted by molar-refractivity contribution is 0.0937. The lowest BCUT2D eigenvalue weighted by Gasteiger charge is -2.27. The van der Waals surface area contributed by atoms with Crippen LogP contribution in [0.15, 0.2) is 48.5 Å². The van der Waals surface area contributed by atoms with Crippen LogP contribution in [0.3, 0.4) is 0 Å². The highest BCUT2D eigenvalue weighted by Gasteiger charge is 2.34. The molecule has 2 unspecified atom stereocenters. The summed E-state index contributed by atoms with van der Waals surface area (Å²) >= 11 is 0. The number of carbonyl (C=O) groups excluding carboxylic acids is 1. The third-order valence-corrected chi connectivity index (χ3v) is 7.28. The molecule has 0 bridgehead atoms. The summed E-state index contributed by atoms with van der Waals surface area (Å²) in [7, 11) is 0. The molecule has 31 heavy (non-hydrogen) atoms. The number of nitrogens with one attached hydrogen (secondary N) is 1.